The third-order valence-corrected chi connectivity index (χ3v) is 17.3. The Morgan fingerprint density at radius 1 is 0.277 bits per heavy atom. The summed E-state index contributed by atoms with van der Waals surface area (Å²) in [6, 6.07) is 0. The molecule has 0 aliphatic heterocycles. The first-order valence-electron chi connectivity index (χ1n) is 38.4. The van der Waals surface area contributed by atoms with Crippen LogP contribution in [0, 0.1) is 0 Å². The van der Waals surface area contributed by atoms with Crippen molar-refractivity contribution in [3.63, 3.8) is 0 Å². The summed E-state index contributed by atoms with van der Waals surface area (Å²) in [6.07, 6.45) is 93.8. The maximum Gasteiger partial charge on any atom is 0.472 e. The minimum atomic E-state index is -4.95. The molecule has 16 nitrogen and oxygen atoms in total. The lowest BCUT2D eigenvalue weighted by Gasteiger charge is -2.21. The SMILES string of the molecule is CC/C=C\C/C=C\C/C=C\C/C=C\C/C=C\CCCCCCCCCC(=O)OCC(O)COP(=O)(O)OCC(O)COP(=O)(O)OCC(COC(=O)CCCCCCCCC/C=C\C/C=C\C/C=C\C/C=C\C/C=C\CC)OC(=O)CCCCCCCC/C=C\C/C=C\C/C=C\C/C=C\CC. The summed E-state index contributed by atoms with van der Waals surface area (Å²) in [7, 11) is -9.81. The first-order valence-corrected chi connectivity index (χ1v) is 41.4. The Labute approximate surface area is 612 Å². The summed E-state index contributed by atoms with van der Waals surface area (Å²) in [5, 5.41) is 20.6. The monoisotopic (exact) mass is 1450 g/mol. The molecule has 0 aliphatic carbocycles. The number of aliphatic hydroxyl groups excluding tert-OH is 2. The van der Waals surface area contributed by atoms with Crippen LogP contribution in [0.3, 0.4) is 0 Å². The zero-order chi connectivity index (χ0) is 73.7. The standard InChI is InChI=1S/C83H136O16P2/c1-4-7-10-13-16-19-22-25-28-31-34-36-38-40-43-45-48-51-54-57-60-63-66-69-81(86)93-72-78(84)73-95-100(89,90)96-74-79(85)75-97-101(91,92)98-77-80(99-83(88)71-68-65-62-59-56-53-50-47-42-33-30-27-24-21-18-15-12-9-6-3)76-94-82(87)70-67-64-61-58-55-52-49-46-44-41-39-37-35-32-29-26-23-20-17-14-11-8-5-2/h7-12,16-21,25-30,34-37,40-44,47,78-80,84-85H,4-6,13-15,22-24,31-33,38-39,45-46,48-77H2,1-3H3,(H,89,90)(H,91,92)/b10-7-,11-8-,12-9-,19-16-,20-17-,21-18-,28-25-,29-26-,30-27-,36-34-,37-35-,43-40-,44-41-,47-42-. The van der Waals surface area contributed by atoms with Gasteiger partial charge in [-0.05, 0) is 148 Å². The molecule has 0 spiro atoms. The topological polar surface area (TPSA) is 231 Å². The number of phosphoric ester groups is 2. The second-order valence-corrected chi connectivity index (χ2v) is 27.9. The highest BCUT2D eigenvalue weighted by Crippen LogP contribution is 2.45. The Morgan fingerprint density at radius 2 is 0.495 bits per heavy atom. The molecule has 18 heteroatoms. The Kier molecular flexibility index (Phi) is 70.9. The number of carbonyl (C=O) groups excluding carboxylic acids is 3. The molecule has 5 unspecified atom stereocenters. The van der Waals surface area contributed by atoms with Crippen LogP contribution in [0.25, 0.3) is 0 Å². The normalized spacial score (nSPS) is 15.0. The van der Waals surface area contributed by atoms with Crippen molar-refractivity contribution in [2.75, 3.05) is 39.6 Å². The number of allylic oxidation sites excluding steroid dienone is 28. The highest BCUT2D eigenvalue weighted by atomic mass is 31.2. The summed E-state index contributed by atoms with van der Waals surface area (Å²) in [6.45, 7) is 2.28. The molecular formula is C83H136O16P2. The second-order valence-electron chi connectivity index (χ2n) is 25.0. The number of aliphatic hydroxyl groups is 2. The van der Waals surface area contributed by atoms with Gasteiger partial charge < -0.3 is 34.2 Å². The fourth-order valence-corrected chi connectivity index (χ4v) is 11.3. The molecule has 0 saturated carbocycles. The van der Waals surface area contributed by atoms with Crippen LogP contribution in [0.2, 0.25) is 0 Å². The van der Waals surface area contributed by atoms with E-state index in [4.69, 9.17) is 32.3 Å². The molecule has 0 fully saturated rings. The lowest BCUT2D eigenvalue weighted by Crippen LogP contribution is -2.30. The molecule has 0 amide bonds. The van der Waals surface area contributed by atoms with Gasteiger partial charge in [0.15, 0.2) is 6.10 Å². The van der Waals surface area contributed by atoms with Crippen molar-refractivity contribution in [2.24, 2.45) is 0 Å². The van der Waals surface area contributed by atoms with Gasteiger partial charge in [-0.1, -0.05) is 281 Å². The molecule has 0 aromatic rings. The average Bonchev–Trinajstić information content (AvgIpc) is 1.05. The summed E-state index contributed by atoms with van der Waals surface area (Å²) < 4.78 is 61.1. The van der Waals surface area contributed by atoms with Crippen LogP contribution >= 0.6 is 15.6 Å². The van der Waals surface area contributed by atoms with E-state index in [-0.39, 0.29) is 19.3 Å². The molecule has 0 heterocycles. The number of esters is 3. The second kappa shape index (κ2) is 74.6. The zero-order valence-corrected chi connectivity index (χ0v) is 64.3. The summed E-state index contributed by atoms with van der Waals surface area (Å²) in [4.78, 5) is 58.7. The van der Waals surface area contributed by atoms with E-state index in [9.17, 15) is 43.5 Å². The van der Waals surface area contributed by atoms with Crippen LogP contribution < -0.4 is 0 Å². The largest absolute Gasteiger partial charge is 0.472 e. The van der Waals surface area contributed by atoms with Crippen LogP contribution in [0.4, 0.5) is 0 Å². The number of hydrogen-bond acceptors (Lipinski definition) is 14. The number of hydrogen-bond donors (Lipinski definition) is 4. The van der Waals surface area contributed by atoms with Crippen molar-refractivity contribution in [2.45, 2.75) is 296 Å². The molecule has 0 aromatic heterocycles. The molecular weight excluding hydrogens is 1310 g/mol. The minimum Gasteiger partial charge on any atom is -0.463 e. The van der Waals surface area contributed by atoms with Crippen LogP contribution in [0.5, 0.6) is 0 Å². The van der Waals surface area contributed by atoms with Crippen molar-refractivity contribution < 1.29 is 75.8 Å². The van der Waals surface area contributed by atoms with Gasteiger partial charge in [0, 0.05) is 19.3 Å². The van der Waals surface area contributed by atoms with Gasteiger partial charge in [0.1, 0.15) is 25.4 Å². The zero-order valence-electron chi connectivity index (χ0n) is 62.5. The van der Waals surface area contributed by atoms with E-state index in [0.29, 0.717) is 19.3 Å². The maximum absolute atomic E-state index is 13.0. The van der Waals surface area contributed by atoms with Crippen LogP contribution in [0.1, 0.15) is 278 Å². The molecule has 0 saturated heterocycles. The first-order chi connectivity index (χ1) is 49.2. The van der Waals surface area contributed by atoms with Crippen molar-refractivity contribution in [1.82, 2.24) is 0 Å². The molecule has 4 N–H and O–H groups in total. The van der Waals surface area contributed by atoms with Crippen LogP contribution in [-0.2, 0) is 55.8 Å². The predicted octanol–water partition coefficient (Wildman–Crippen LogP) is 22.4. The highest BCUT2D eigenvalue weighted by molar-refractivity contribution is 7.47. The molecule has 101 heavy (non-hydrogen) atoms. The Balaban J connectivity index is 4.73. The first kappa shape index (κ1) is 95.9. The number of carbonyl (C=O) groups is 3. The van der Waals surface area contributed by atoms with Gasteiger partial charge in [0.2, 0.25) is 0 Å². The van der Waals surface area contributed by atoms with Gasteiger partial charge in [0.25, 0.3) is 0 Å². The number of unbranched alkanes of at least 4 members (excludes halogenated alkanes) is 20. The number of phosphoric acid groups is 2. The van der Waals surface area contributed by atoms with E-state index in [0.717, 1.165) is 218 Å². The fraction of sp³-hybridized carbons (Fsp3) is 0.627. The van der Waals surface area contributed by atoms with Crippen molar-refractivity contribution in [3.8, 4) is 0 Å². The van der Waals surface area contributed by atoms with Crippen LogP contribution in [0.15, 0.2) is 170 Å². The maximum atomic E-state index is 13.0. The molecule has 0 radical (unpaired) electrons. The van der Waals surface area contributed by atoms with E-state index in [1.165, 1.54) is 0 Å². The predicted molar refractivity (Wildman–Crippen MR) is 417 cm³/mol. The van der Waals surface area contributed by atoms with Gasteiger partial charge in [0.05, 0.1) is 26.4 Å². The van der Waals surface area contributed by atoms with E-state index >= 15 is 0 Å². The van der Waals surface area contributed by atoms with Gasteiger partial charge in [-0.15, -0.1) is 0 Å². The summed E-state index contributed by atoms with van der Waals surface area (Å²) in [5.41, 5.74) is 0. The smallest absolute Gasteiger partial charge is 0.463 e. The summed E-state index contributed by atoms with van der Waals surface area (Å²) in [5.74, 6) is -1.62. The number of rotatable bonds is 71. The van der Waals surface area contributed by atoms with E-state index < -0.39 is 91.5 Å². The molecule has 0 bridgehead atoms. The number of ether oxygens (including phenoxy) is 3. The van der Waals surface area contributed by atoms with Crippen molar-refractivity contribution in [1.29, 1.82) is 0 Å². The van der Waals surface area contributed by atoms with Crippen molar-refractivity contribution in [3.05, 3.63) is 170 Å². The molecule has 574 valence electrons. The Bertz CT molecular complexity index is 2520. The molecule has 5 atom stereocenters. The summed E-state index contributed by atoms with van der Waals surface area (Å²) >= 11 is 0. The van der Waals surface area contributed by atoms with Crippen LogP contribution in [-0.4, -0.2) is 95.9 Å². The van der Waals surface area contributed by atoms with Gasteiger partial charge in [-0.2, -0.15) is 0 Å². The highest BCUT2D eigenvalue weighted by Gasteiger charge is 2.29. The van der Waals surface area contributed by atoms with Gasteiger partial charge >= 0.3 is 33.6 Å². The minimum absolute atomic E-state index is 0.0790. The Hall–Kier alpha value is -5.09. The molecule has 0 aliphatic rings. The van der Waals surface area contributed by atoms with E-state index in [2.05, 4.69) is 191 Å². The Morgan fingerprint density at radius 3 is 0.782 bits per heavy atom. The quantitative estimate of drug-likeness (QED) is 0.0146. The van der Waals surface area contributed by atoms with Gasteiger partial charge in [-0.25, -0.2) is 9.13 Å². The van der Waals surface area contributed by atoms with Crippen molar-refractivity contribution >= 4 is 33.6 Å². The lowest BCUT2D eigenvalue weighted by atomic mass is 10.1. The van der Waals surface area contributed by atoms with Gasteiger partial charge in [-0.3, -0.25) is 32.5 Å². The molecule has 0 rings (SSSR count). The van der Waals surface area contributed by atoms with E-state index in [1.54, 1.807) is 0 Å². The molecule has 0 aromatic carbocycles. The average molecular weight is 1450 g/mol. The third kappa shape index (κ3) is 75.9. The van der Waals surface area contributed by atoms with E-state index in [1.807, 2.05) is 0 Å². The third-order valence-electron chi connectivity index (χ3n) is 15.4. The lowest BCUT2D eigenvalue weighted by molar-refractivity contribution is -0.161. The fourth-order valence-electron chi connectivity index (χ4n) is 9.67.